The van der Waals surface area contributed by atoms with Crippen molar-refractivity contribution in [3.8, 4) is 0 Å². The summed E-state index contributed by atoms with van der Waals surface area (Å²) < 4.78 is 27.2. The maximum atomic E-state index is 12.9. The molecule has 0 amide bonds. The van der Waals surface area contributed by atoms with Crippen LogP contribution in [-0.4, -0.2) is 31.6 Å². The van der Waals surface area contributed by atoms with Crippen LogP contribution in [0.4, 0.5) is 0 Å². The molecule has 8 heteroatoms. The Morgan fingerprint density at radius 1 is 0.903 bits per heavy atom. The molecule has 0 radical (unpaired) electrons. The molecule has 2 fully saturated rings. The van der Waals surface area contributed by atoms with E-state index >= 15 is 0 Å². The van der Waals surface area contributed by atoms with Gasteiger partial charge in [-0.3, -0.25) is 0 Å². The Morgan fingerprint density at radius 2 is 1.45 bits per heavy atom. The van der Waals surface area contributed by atoms with E-state index in [1.54, 1.807) is 24.3 Å². The number of hydrogen-bond donors (Lipinski definition) is 0. The van der Waals surface area contributed by atoms with Crippen LogP contribution in [0.3, 0.4) is 0 Å². The van der Waals surface area contributed by atoms with Gasteiger partial charge >= 0.3 is 0 Å². The van der Waals surface area contributed by atoms with Gasteiger partial charge in [-0.05, 0) is 30.0 Å². The van der Waals surface area contributed by atoms with E-state index in [1.807, 2.05) is 31.2 Å². The average molecular weight is 448 g/mol. The first-order valence-electron chi connectivity index (χ1n) is 10.5. The number of rotatable bonds is 3. The summed E-state index contributed by atoms with van der Waals surface area (Å²) in [6.07, 6.45) is -0.198. The molecule has 2 aromatic rings. The largest absolute Gasteiger partial charge is 0.249 e. The topological polar surface area (TPSA) is 74.3 Å². The van der Waals surface area contributed by atoms with Crippen molar-refractivity contribution in [2.24, 2.45) is 0 Å². The van der Waals surface area contributed by atoms with E-state index in [4.69, 9.17) is 19.6 Å². The second kappa shape index (κ2) is 8.27. The van der Waals surface area contributed by atoms with Crippen molar-refractivity contribution in [2.75, 3.05) is 13.1 Å². The molecule has 168 valence electrons. The standard InChI is InChI=1S/C23H29NO6S/c1-17-5-11-20(12-6-17)31(25,26)24-15-13-23(14-16-24)29-27-21(28-30-23)18-7-9-19(10-8-18)22(2,3)4/h5-12,21H,13-16H2,1-4H3. The molecule has 0 unspecified atom stereocenters. The highest BCUT2D eigenvalue weighted by atomic mass is 32.2. The number of aryl methyl sites for hydroxylation is 1. The monoisotopic (exact) mass is 447 g/mol. The van der Waals surface area contributed by atoms with E-state index in [0.717, 1.165) is 11.1 Å². The predicted molar refractivity (Wildman–Crippen MR) is 114 cm³/mol. The van der Waals surface area contributed by atoms with Crippen LogP contribution in [0.1, 0.15) is 56.6 Å². The first kappa shape index (κ1) is 22.4. The second-order valence-electron chi connectivity index (χ2n) is 9.19. The van der Waals surface area contributed by atoms with Gasteiger partial charge in [0.25, 0.3) is 0 Å². The third-order valence-corrected chi connectivity index (χ3v) is 7.68. The van der Waals surface area contributed by atoms with Gasteiger partial charge in [0.15, 0.2) is 0 Å². The van der Waals surface area contributed by atoms with Crippen LogP contribution in [-0.2, 0) is 35.0 Å². The summed E-state index contributed by atoms with van der Waals surface area (Å²) in [6.45, 7) is 8.86. The summed E-state index contributed by atoms with van der Waals surface area (Å²) in [5.41, 5.74) is 3.05. The first-order chi connectivity index (χ1) is 14.6. The summed E-state index contributed by atoms with van der Waals surface area (Å²) in [5, 5.41) is 0. The molecule has 2 saturated heterocycles. The number of nitrogens with zero attached hydrogens (tertiary/aromatic N) is 1. The lowest BCUT2D eigenvalue weighted by Crippen LogP contribution is -2.51. The maximum Gasteiger partial charge on any atom is 0.249 e. The van der Waals surface area contributed by atoms with Crippen LogP contribution < -0.4 is 0 Å². The molecule has 2 aliphatic rings. The Hall–Kier alpha value is -1.81. The highest BCUT2D eigenvalue weighted by Gasteiger charge is 2.46. The average Bonchev–Trinajstić information content (AvgIpc) is 2.74. The minimum Gasteiger partial charge on any atom is -0.207 e. The SMILES string of the molecule is Cc1ccc(S(=O)(=O)N2CCC3(CC2)OOC(c2ccc(C(C)(C)C)cc2)OO3)cc1. The van der Waals surface area contributed by atoms with Crippen LogP contribution in [0, 0.1) is 6.92 Å². The van der Waals surface area contributed by atoms with Crippen LogP contribution in [0.25, 0.3) is 0 Å². The minimum atomic E-state index is -3.56. The fourth-order valence-corrected chi connectivity index (χ4v) is 5.08. The Morgan fingerprint density at radius 3 is 1.97 bits per heavy atom. The molecule has 0 saturated carbocycles. The van der Waals surface area contributed by atoms with E-state index in [1.165, 1.54) is 9.87 Å². The van der Waals surface area contributed by atoms with Gasteiger partial charge in [0, 0.05) is 31.5 Å². The molecule has 0 atom stereocenters. The maximum absolute atomic E-state index is 12.9. The number of hydrogen-bond acceptors (Lipinski definition) is 6. The molecule has 2 heterocycles. The van der Waals surface area contributed by atoms with Gasteiger partial charge in [-0.1, -0.05) is 62.7 Å². The van der Waals surface area contributed by atoms with Crippen molar-refractivity contribution >= 4 is 10.0 Å². The van der Waals surface area contributed by atoms with Gasteiger partial charge in [0.2, 0.25) is 22.1 Å². The lowest BCUT2D eigenvalue weighted by molar-refractivity contribution is -0.633. The Balaban J connectivity index is 1.36. The lowest BCUT2D eigenvalue weighted by atomic mass is 9.87. The van der Waals surface area contributed by atoms with E-state index in [2.05, 4.69) is 20.8 Å². The Labute approximate surface area is 183 Å². The van der Waals surface area contributed by atoms with Gasteiger partial charge in [-0.25, -0.2) is 8.42 Å². The summed E-state index contributed by atoms with van der Waals surface area (Å²) in [6, 6.07) is 14.7. The summed E-state index contributed by atoms with van der Waals surface area (Å²) in [7, 11) is -3.56. The highest BCUT2D eigenvalue weighted by Crippen LogP contribution is 2.38. The first-order valence-corrected chi connectivity index (χ1v) is 11.9. The summed E-state index contributed by atoms with van der Waals surface area (Å²) >= 11 is 0. The van der Waals surface area contributed by atoms with Crippen molar-refractivity contribution < 1.29 is 28.0 Å². The van der Waals surface area contributed by atoms with Gasteiger partial charge in [-0.2, -0.15) is 23.9 Å². The van der Waals surface area contributed by atoms with Crippen LogP contribution >= 0.6 is 0 Å². The molecule has 31 heavy (non-hydrogen) atoms. The Kier molecular flexibility index (Phi) is 5.97. The van der Waals surface area contributed by atoms with Gasteiger partial charge in [0.1, 0.15) is 0 Å². The zero-order chi connectivity index (χ0) is 22.3. The molecule has 2 aliphatic heterocycles. The fourth-order valence-electron chi connectivity index (χ4n) is 3.64. The number of benzene rings is 2. The molecular weight excluding hydrogens is 418 g/mol. The van der Waals surface area contributed by atoms with Gasteiger partial charge < -0.3 is 0 Å². The van der Waals surface area contributed by atoms with Crippen LogP contribution in [0.15, 0.2) is 53.4 Å². The molecule has 7 nitrogen and oxygen atoms in total. The molecule has 0 bridgehead atoms. The van der Waals surface area contributed by atoms with E-state index < -0.39 is 22.1 Å². The van der Waals surface area contributed by atoms with Gasteiger partial charge in [-0.15, -0.1) is 0 Å². The molecule has 1 spiro atoms. The highest BCUT2D eigenvalue weighted by molar-refractivity contribution is 7.89. The Bertz CT molecular complexity index is 994. The van der Waals surface area contributed by atoms with Crippen molar-refractivity contribution in [1.82, 2.24) is 4.31 Å². The number of piperidine rings is 1. The molecule has 4 rings (SSSR count). The van der Waals surface area contributed by atoms with Gasteiger partial charge in [0.05, 0.1) is 4.90 Å². The molecule has 0 N–H and O–H groups in total. The van der Waals surface area contributed by atoms with E-state index in [0.29, 0.717) is 12.8 Å². The van der Waals surface area contributed by atoms with Crippen LogP contribution in [0.2, 0.25) is 0 Å². The third kappa shape index (κ3) is 4.69. The molecule has 0 aromatic heterocycles. The normalized spacial score (nSPS) is 20.8. The smallest absolute Gasteiger partial charge is 0.207 e. The van der Waals surface area contributed by atoms with Crippen molar-refractivity contribution in [3.05, 3.63) is 65.2 Å². The zero-order valence-corrected chi connectivity index (χ0v) is 19.1. The second-order valence-corrected chi connectivity index (χ2v) is 11.1. The van der Waals surface area contributed by atoms with Crippen molar-refractivity contribution in [2.45, 2.75) is 62.9 Å². The third-order valence-electron chi connectivity index (χ3n) is 5.77. The summed E-state index contributed by atoms with van der Waals surface area (Å²) in [4.78, 5) is 22.4. The summed E-state index contributed by atoms with van der Waals surface area (Å²) in [5.74, 6) is -1.11. The molecular formula is C23H29NO6S. The fraction of sp³-hybridized carbons (Fsp3) is 0.478. The van der Waals surface area contributed by atoms with E-state index in [9.17, 15) is 8.42 Å². The van der Waals surface area contributed by atoms with Crippen molar-refractivity contribution in [1.29, 1.82) is 0 Å². The lowest BCUT2D eigenvalue weighted by Gasteiger charge is -2.41. The van der Waals surface area contributed by atoms with E-state index in [-0.39, 0.29) is 23.4 Å². The number of sulfonamides is 1. The molecule has 0 aliphatic carbocycles. The quantitative estimate of drug-likeness (QED) is 0.650. The van der Waals surface area contributed by atoms with Crippen LogP contribution in [0.5, 0.6) is 0 Å². The van der Waals surface area contributed by atoms with Crippen molar-refractivity contribution in [3.63, 3.8) is 0 Å². The molecule has 2 aromatic carbocycles. The zero-order valence-electron chi connectivity index (χ0n) is 18.3. The minimum absolute atomic E-state index is 0.0523. The predicted octanol–water partition coefficient (Wildman–Crippen LogP) is 4.38.